The van der Waals surface area contributed by atoms with Gasteiger partial charge in [-0.05, 0) is 221 Å². The third-order valence-electron chi connectivity index (χ3n) is 21.5. The van der Waals surface area contributed by atoms with Crippen LogP contribution in [-0.2, 0) is 19.3 Å². The van der Waals surface area contributed by atoms with Crippen molar-refractivity contribution in [3.05, 3.63) is 251 Å². The summed E-state index contributed by atoms with van der Waals surface area (Å²) in [4.78, 5) is 0. The molecule has 0 aromatic heterocycles. The molecule has 0 bridgehead atoms. The smallest absolute Gasteiger partial charge is 0.131 e. The van der Waals surface area contributed by atoms with Crippen molar-refractivity contribution in [1.82, 2.24) is 0 Å². The van der Waals surface area contributed by atoms with Crippen LogP contribution >= 0.6 is 0 Å². The molecule has 9 aromatic carbocycles. The molecule has 3 saturated carbocycles. The molecule has 3 aliphatic carbocycles. The van der Waals surface area contributed by atoms with Crippen molar-refractivity contribution < 1.29 is 17.5 Å². The molecular formula is C91H113F3. The van der Waals surface area contributed by atoms with E-state index in [2.05, 4.69) is 157 Å². The molecule has 0 heterocycles. The predicted molar refractivity (Wildman–Crippen MR) is 404 cm³/mol. The van der Waals surface area contributed by atoms with Crippen molar-refractivity contribution in [3.8, 4) is 66.8 Å². The van der Waals surface area contributed by atoms with Crippen LogP contribution in [0.2, 0.25) is 0 Å². The van der Waals surface area contributed by atoms with Gasteiger partial charge in [0.25, 0.3) is 0 Å². The van der Waals surface area contributed by atoms with Gasteiger partial charge in [-0.2, -0.15) is 0 Å². The zero-order valence-electron chi connectivity index (χ0n) is 57.8. The average molecular weight is 1260 g/mol. The van der Waals surface area contributed by atoms with E-state index in [1.165, 1.54) is 162 Å². The summed E-state index contributed by atoms with van der Waals surface area (Å²) in [5.74, 6) is 4.36. The molecule has 3 fully saturated rings. The van der Waals surface area contributed by atoms with Gasteiger partial charge < -0.3 is 0 Å². The van der Waals surface area contributed by atoms with E-state index in [4.69, 9.17) is 0 Å². The molecule has 0 aliphatic heterocycles. The standard InChI is InChI=1S/C32H39F.C31H37F.C28H31F.3H2/c1-3-5-6-8-25-9-13-26(14-10-25)27-17-19-28(20-18-27)30-21-22-31(32(33)23-30)29-15-11-24(7-4-2)12-16-29;1-3-5-6-7-24-10-12-25(13-11-24)26-16-18-27(19-17-26)29-20-21-30(31(32)22-29)28-14-8-23(4-2)9-15-28;1-3-4-21-7-11-25(12-8-21)27-18-17-26(19-28(27)29)24-15-13-23(14-16-24)22-9-5-20(2)6-10-22;;;/h11-12,15-23,25-26H,3-10,13-14H2,1-2H3;8-9,14-22,24-25H,3-7,10-13H2,1-2H3;7-8,11-20,22H,3-6,9-10H2,1-2H3;3*1H. The van der Waals surface area contributed by atoms with Crippen LogP contribution in [0.1, 0.15) is 238 Å². The quantitative estimate of drug-likeness (QED) is 0.0593. The largest absolute Gasteiger partial charge is 0.206 e. The maximum absolute atomic E-state index is 15.0. The minimum Gasteiger partial charge on any atom is -0.206 e. The molecule has 0 spiro atoms. The fraction of sp³-hybridized carbons (Fsp3) is 0.407. The molecule has 3 heteroatoms. The summed E-state index contributed by atoms with van der Waals surface area (Å²) in [6, 6.07) is 68.3. The highest BCUT2D eigenvalue weighted by Crippen LogP contribution is 2.42. The number of hydrogen-bond acceptors (Lipinski definition) is 0. The average Bonchev–Trinajstić information content (AvgIpc) is 2.38. The SMILES string of the molecule is CCCCCC1CCC(c2ccc(-c3ccc(-c4ccc(CC)cc4)c(F)c3)cc2)CC1.CCCCCC1CCC(c2ccc(-c3ccc(-c4ccc(CCC)cc4)c(F)c3)cc2)CC1.CCCc1ccc(-c2ccc(-c3ccc(C4CCC(C)CC4)cc3)cc2F)cc1.[HH].[HH].[HH]. The van der Waals surface area contributed by atoms with Crippen molar-refractivity contribution in [2.45, 2.75) is 220 Å². The fourth-order valence-electron chi connectivity index (χ4n) is 15.4. The molecule has 0 saturated heterocycles. The van der Waals surface area contributed by atoms with Crippen LogP contribution in [0, 0.1) is 35.2 Å². The summed E-state index contributed by atoms with van der Waals surface area (Å²) in [7, 11) is 0. The summed E-state index contributed by atoms with van der Waals surface area (Å²) in [5.41, 5.74) is 19.2. The first-order chi connectivity index (χ1) is 46.0. The van der Waals surface area contributed by atoms with Gasteiger partial charge >= 0.3 is 0 Å². The number of aryl methyl sites for hydroxylation is 3. The number of rotatable bonds is 22. The van der Waals surface area contributed by atoms with Crippen molar-refractivity contribution in [1.29, 1.82) is 0 Å². The normalized spacial score (nSPS) is 18.7. The van der Waals surface area contributed by atoms with Gasteiger partial charge in [0.15, 0.2) is 0 Å². The summed E-state index contributed by atoms with van der Waals surface area (Å²) < 4.78 is 44.8. The molecule has 0 atom stereocenters. The van der Waals surface area contributed by atoms with Gasteiger partial charge in [0.05, 0.1) is 0 Å². The lowest BCUT2D eigenvalue weighted by Crippen LogP contribution is -2.13. The summed E-state index contributed by atoms with van der Waals surface area (Å²) >= 11 is 0. The van der Waals surface area contributed by atoms with Crippen molar-refractivity contribution in [2.75, 3.05) is 0 Å². The molecule has 498 valence electrons. The Morgan fingerprint density at radius 3 is 0.840 bits per heavy atom. The van der Waals surface area contributed by atoms with E-state index < -0.39 is 0 Å². The first kappa shape index (κ1) is 69.6. The highest BCUT2D eigenvalue weighted by Gasteiger charge is 2.25. The molecule has 12 rings (SSSR count). The van der Waals surface area contributed by atoms with E-state index in [1.807, 2.05) is 66.7 Å². The Bertz CT molecular complexity index is 3700. The number of hydrogen-bond donors (Lipinski definition) is 0. The Kier molecular flexibility index (Phi) is 26.3. The van der Waals surface area contributed by atoms with Crippen LogP contribution in [0.5, 0.6) is 0 Å². The maximum atomic E-state index is 15.0. The van der Waals surface area contributed by atoms with Gasteiger partial charge in [0, 0.05) is 21.0 Å². The van der Waals surface area contributed by atoms with Gasteiger partial charge in [0.1, 0.15) is 17.5 Å². The van der Waals surface area contributed by atoms with Crippen LogP contribution in [-0.4, -0.2) is 0 Å². The molecule has 94 heavy (non-hydrogen) atoms. The molecule has 3 aliphatic rings. The Morgan fingerprint density at radius 1 is 0.287 bits per heavy atom. The van der Waals surface area contributed by atoms with E-state index in [1.54, 1.807) is 18.2 Å². The molecule has 0 nitrogen and oxygen atoms in total. The number of benzene rings is 9. The third kappa shape index (κ3) is 19.3. The van der Waals surface area contributed by atoms with E-state index in [0.717, 1.165) is 99.9 Å². The molecule has 0 radical (unpaired) electrons. The van der Waals surface area contributed by atoms with Gasteiger partial charge in [-0.25, -0.2) is 13.2 Å². The monoisotopic (exact) mass is 1260 g/mol. The highest BCUT2D eigenvalue weighted by atomic mass is 19.1. The molecule has 0 N–H and O–H groups in total. The van der Waals surface area contributed by atoms with Crippen LogP contribution in [0.15, 0.2) is 200 Å². The van der Waals surface area contributed by atoms with Crippen molar-refractivity contribution in [2.24, 2.45) is 17.8 Å². The van der Waals surface area contributed by atoms with Crippen molar-refractivity contribution >= 4 is 0 Å². The summed E-state index contributed by atoms with van der Waals surface area (Å²) in [6.07, 6.45) is 32.5. The lowest BCUT2D eigenvalue weighted by molar-refractivity contribution is 0.303. The van der Waals surface area contributed by atoms with Gasteiger partial charge in [-0.15, -0.1) is 0 Å². The van der Waals surface area contributed by atoms with Crippen molar-refractivity contribution in [3.63, 3.8) is 0 Å². The fourth-order valence-corrected chi connectivity index (χ4v) is 15.4. The zero-order valence-corrected chi connectivity index (χ0v) is 57.8. The second kappa shape index (κ2) is 35.5. The van der Waals surface area contributed by atoms with E-state index in [-0.39, 0.29) is 21.7 Å². The molecular weight excluding hydrogens is 1150 g/mol. The zero-order chi connectivity index (χ0) is 65.6. The Hall–Kier alpha value is -7.23. The topological polar surface area (TPSA) is 0 Å². The second-order valence-electron chi connectivity index (χ2n) is 28.3. The maximum Gasteiger partial charge on any atom is 0.131 e. The minimum absolute atomic E-state index is 0. The van der Waals surface area contributed by atoms with E-state index >= 15 is 0 Å². The van der Waals surface area contributed by atoms with Gasteiger partial charge in [-0.1, -0.05) is 301 Å². The highest BCUT2D eigenvalue weighted by molar-refractivity contribution is 5.74. The van der Waals surface area contributed by atoms with Crippen LogP contribution in [0.4, 0.5) is 13.2 Å². The van der Waals surface area contributed by atoms with E-state index in [0.29, 0.717) is 34.4 Å². The van der Waals surface area contributed by atoms with Gasteiger partial charge in [0.2, 0.25) is 0 Å². The predicted octanol–water partition coefficient (Wildman–Crippen LogP) is 28.7. The molecule has 0 amide bonds. The number of halogens is 3. The second-order valence-corrected chi connectivity index (χ2v) is 28.3. The lowest BCUT2D eigenvalue weighted by atomic mass is 9.77. The van der Waals surface area contributed by atoms with Crippen LogP contribution < -0.4 is 0 Å². The number of unbranched alkanes of at least 4 members (excludes halogenated alkanes) is 4. The molecule has 0 unspecified atom stereocenters. The van der Waals surface area contributed by atoms with Crippen LogP contribution in [0.25, 0.3) is 66.8 Å². The first-order valence-corrected chi connectivity index (χ1v) is 37.0. The minimum atomic E-state index is -0.156. The van der Waals surface area contributed by atoms with E-state index in [9.17, 15) is 13.2 Å². The Labute approximate surface area is 569 Å². The first-order valence-electron chi connectivity index (χ1n) is 37.0. The van der Waals surface area contributed by atoms with Crippen LogP contribution in [0.3, 0.4) is 0 Å². The third-order valence-corrected chi connectivity index (χ3v) is 21.5. The Morgan fingerprint density at radius 2 is 0.564 bits per heavy atom. The van der Waals surface area contributed by atoms with Gasteiger partial charge in [-0.3, -0.25) is 0 Å². The lowest BCUT2D eigenvalue weighted by Gasteiger charge is -2.29. The Balaban J connectivity index is 0.000000202. The summed E-state index contributed by atoms with van der Waals surface area (Å²) in [6.45, 7) is 13.4. The summed E-state index contributed by atoms with van der Waals surface area (Å²) in [5, 5.41) is 0. The molecule has 9 aromatic rings.